The van der Waals surface area contributed by atoms with Gasteiger partial charge in [-0.15, -0.1) is 0 Å². The summed E-state index contributed by atoms with van der Waals surface area (Å²) in [5.74, 6) is 0.769. The predicted molar refractivity (Wildman–Crippen MR) is 79.4 cm³/mol. The molecule has 3 heteroatoms. The van der Waals surface area contributed by atoms with Gasteiger partial charge in [-0.05, 0) is 37.9 Å². The zero-order valence-corrected chi connectivity index (χ0v) is 12.3. The topological polar surface area (TPSA) is 15.3 Å². The van der Waals surface area contributed by atoms with Gasteiger partial charge in [0.1, 0.15) is 0 Å². The third-order valence-electron chi connectivity index (χ3n) is 3.74. The van der Waals surface area contributed by atoms with Crippen molar-refractivity contribution >= 4 is 17.3 Å². The summed E-state index contributed by atoms with van der Waals surface area (Å²) < 4.78 is 0. The van der Waals surface area contributed by atoms with E-state index >= 15 is 0 Å². The molecule has 0 amide bonds. The molecule has 1 aliphatic heterocycles. The number of hydrogen-bond donors (Lipinski definition) is 1. The Hall–Kier alpha value is -0.730. The summed E-state index contributed by atoms with van der Waals surface area (Å²) in [6.07, 6.45) is 1.27. The van der Waals surface area contributed by atoms with Crippen LogP contribution in [0.5, 0.6) is 0 Å². The van der Waals surface area contributed by atoms with Crippen molar-refractivity contribution in [3.05, 3.63) is 28.8 Å². The van der Waals surface area contributed by atoms with E-state index in [-0.39, 0.29) is 0 Å². The van der Waals surface area contributed by atoms with Crippen molar-refractivity contribution in [1.82, 2.24) is 5.32 Å². The molecule has 2 rings (SSSR count). The first-order valence-corrected chi connectivity index (χ1v) is 7.26. The molecule has 1 aromatic rings. The average molecular weight is 267 g/mol. The first kappa shape index (κ1) is 13.7. The van der Waals surface area contributed by atoms with E-state index in [0.29, 0.717) is 6.04 Å². The van der Waals surface area contributed by atoms with E-state index in [2.05, 4.69) is 43.1 Å². The van der Waals surface area contributed by atoms with Crippen LogP contribution in [0.15, 0.2) is 18.2 Å². The lowest BCUT2D eigenvalue weighted by Crippen LogP contribution is -2.28. The Labute approximate surface area is 115 Å². The second kappa shape index (κ2) is 5.94. The van der Waals surface area contributed by atoms with Crippen molar-refractivity contribution in [3.8, 4) is 0 Å². The molecule has 0 bridgehead atoms. The Morgan fingerprint density at radius 1 is 1.39 bits per heavy atom. The molecule has 100 valence electrons. The Bertz CT molecular complexity index is 405. The van der Waals surface area contributed by atoms with Gasteiger partial charge in [0.15, 0.2) is 0 Å². The Morgan fingerprint density at radius 2 is 2.17 bits per heavy atom. The van der Waals surface area contributed by atoms with Crippen LogP contribution in [0, 0.1) is 5.92 Å². The van der Waals surface area contributed by atoms with E-state index in [1.807, 2.05) is 6.07 Å². The van der Waals surface area contributed by atoms with Gasteiger partial charge >= 0.3 is 0 Å². The van der Waals surface area contributed by atoms with E-state index in [9.17, 15) is 0 Å². The van der Waals surface area contributed by atoms with Crippen LogP contribution in [0.4, 0.5) is 5.69 Å². The molecular formula is C15H23ClN2. The Balaban J connectivity index is 2.29. The van der Waals surface area contributed by atoms with Gasteiger partial charge in [0.25, 0.3) is 0 Å². The van der Waals surface area contributed by atoms with Crippen LogP contribution in [0.3, 0.4) is 0 Å². The lowest BCUT2D eigenvalue weighted by Gasteiger charge is -2.27. The van der Waals surface area contributed by atoms with E-state index < -0.39 is 0 Å². The first-order chi connectivity index (χ1) is 8.63. The van der Waals surface area contributed by atoms with Gasteiger partial charge in [-0.25, -0.2) is 0 Å². The van der Waals surface area contributed by atoms with Crippen LogP contribution in [0.2, 0.25) is 5.02 Å². The highest BCUT2D eigenvalue weighted by molar-refractivity contribution is 6.31. The van der Waals surface area contributed by atoms with Crippen molar-refractivity contribution in [1.29, 1.82) is 0 Å². The van der Waals surface area contributed by atoms with Gasteiger partial charge in [-0.1, -0.05) is 31.5 Å². The summed E-state index contributed by atoms with van der Waals surface area (Å²) in [6.45, 7) is 9.71. The van der Waals surface area contributed by atoms with Crippen molar-refractivity contribution in [2.45, 2.75) is 39.8 Å². The molecule has 18 heavy (non-hydrogen) atoms. The number of hydrogen-bond acceptors (Lipinski definition) is 2. The van der Waals surface area contributed by atoms with Gasteiger partial charge in [-0.3, -0.25) is 0 Å². The third kappa shape index (κ3) is 2.81. The van der Waals surface area contributed by atoms with E-state index in [1.54, 1.807) is 0 Å². The number of benzene rings is 1. The van der Waals surface area contributed by atoms with Crippen LogP contribution in [0.25, 0.3) is 0 Å². The predicted octanol–water partition coefficient (Wildman–Crippen LogP) is 3.68. The van der Waals surface area contributed by atoms with Crippen molar-refractivity contribution in [2.24, 2.45) is 5.92 Å². The van der Waals surface area contributed by atoms with Crippen LogP contribution in [-0.4, -0.2) is 19.1 Å². The average Bonchev–Trinajstić information content (AvgIpc) is 2.66. The van der Waals surface area contributed by atoms with E-state index in [4.69, 9.17) is 11.6 Å². The molecule has 1 aromatic carbocycles. The van der Waals surface area contributed by atoms with Gasteiger partial charge in [0.2, 0.25) is 0 Å². The fourth-order valence-corrected chi connectivity index (χ4v) is 3.11. The number of anilines is 1. The summed E-state index contributed by atoms with van der Waals surface area (Å²) in [5.41, 5.74) is 2.54. The quantitative estimate of drug-likeness (QED) is 0.894. The SMILES string of the molecule is CCNCc1c(Cl)cccc1N1CC(C)CC1C. The minimum absolute atomic E-state index is 0.610. The Kier molecular flexibility index (Phi) is 4.52. The first-order valence-electron chi connectivity index (χ1n) is 6.88. The molecule has 0 aliphatic carbocycles. The Morgan fingerprint density at radius 3 is 2.78 bits per heavy atom. The van der Waals surface area contributed by atoms with E-state index in [0.717, 1.165) is 30.6 Å². The molecule has 0 aromatic heterocycles. The molecule has 1 N–H and O–H groups in total. The standard InChI is InChI=1S/C15H23ClN2/c1-4-17-9-13-14(16)6-5-7-15(13)18-10-11(2)8-12(18)3/h5-7,11-12,17H,4,8-10H2,1-3H3. The highest BCUT2D eigenvalue weighted by Gasteiger charge is 2.27. The summed E-state index contributed by atoms with van der Waals surface area (Å²) in [7, 11) is 0. The smallest absolute Gasteiger partial charge is 0.0471 e. The maximum Gasteiger partial charge on any atom is 0.0471 e. The number of nitrogens with zero attached hydrogens (tertiary/aromatic N) is 1. The van der Waals surface area contributed by atoms with Gasteiger partial charge in [0, 0.05) is 35.4 Å². The molecule has 1 saturated heterocycles. The fraction of sp³-hybridized carbons (Fsp3) is 0.600. The largest absolute Gasteiger partial charge is 0.368 e. The minimum atomic E-state index is 0.610. The van der Waals surface area contributed by atoms with Gasteiger partial charge in [-0.2, -0.15) is 0 Å². The van der Waals surface area contributed by atoms with Crippen LogP contribution in [-0.2, 0) is 6.54 Å². The zero-order chi connectivity index (χ0) is 13.1. The van der Waals surface area contributed by atoms with Gasteiger partial charge < -0.3 is 10.2 Å². The lowest BCUT2D eigenvalue weighted by atomic mass is 10.1. The summed E-state index contributed by atoms with van der Waals surface area (Å²) >= 11 is 6.36. The summed E-state index contributed by atoms with van der Waals surface area (Å²) in [4.78, 5) is 2.50. The molecule has 1 fully saturated rings. The molecule has 0 spiro atoms. The summed E-state index contributed by atoms with van der Waals surface area (Å²) in [6, 6.07) is 6.86. The number of rotatable bonds is 4. The van der Waals surface area contributed by atoms with Crippen LogP contribution >= 0.6 is 11.6 Å². The second-order valence-corrected chi connectivity index (χ2v) is 5.77. The number of nitrogens with one attached hydrogen (secondary N) is 1. The third-order valence-corrected chi connectivity index (χ3v) is 4.09. The molecule has 0 radical (unpaired) electrons. The molecule has 2 nitrogen and oxygen atoms in total. The van der Waals surface area contributed by atoms with Crippen molar-refractivity contribution in [3.63, 3.8) is 0 Å². The molecular weight excluding hydrogens is 244 g/mol. The molecule has 0 saturated carbocycles. The normalized spacial score (nSPS) is 23.7. The fourth-order valence-electron chi connectivity index (χ4n) is 2.88. The van der Waals surface area contributed by atoms with Crippen LogP contribution in [0.1, 0.15) is 32.8 Å². The molecule has 1 aliphatic rings. The van der Waals surface area contributed by atoms with Crippen molar-refractivity contribution in [2.75, 3.05) is 18.0 Å². The molecule has 2 unspecified atom stereocenters. The highest BCUT2D eigenvalue weighted by atomic mass is 35.5. The van der Waals surface area contributed by atoms with Crippen LogP contribution < -0.4 is 10.2 Å². The number of halogens is 1. The maximum absolute atomic E-state index is 6.36. The zero-order valence-electron chi connectivity index (χ0n) is 11.5. The summed E-state index contributed by atoms with van der Waals surface area (Å²) in [5, 5.41) is 4.26. The van der Waals surface area contributed by atoms with E-state index in [1.165, 1.54) is 17.7 Å². The minimum Gasteiger partial charge on any atom is -0.368 e. The highest BCUT2D eigenvalue weighted by Crippen LogP contribution is 2.34. The van der Waals surface area contributed by atoms with Gasteiger partial charge in [0.05, 0.1) is 0 Å². The molecule has 1 heterocycles. The molecule has 2 atom stereocenters. The van der Waals surface area contributed by atoms with Crippen molar-refractivity contribution < 1.29 is 0 Å². The monoisotopic (exact) mass is 266 g/mol. The lowest BCUT2D eigenvalue weighted by molar-refractivity contribution is 0.625. The second-order valence-electron chi connectivity index (χ2n) is 5.36. The maximum atomic E-state index is 6.36.